The lowest BCUT2D eigenvalue weighted by Crippen LogP contribution is -2.07. The Morgan fingerprint density at radius 2 is 1.82 bits per heavy atom. The minimum absolute atomic E-state index is 0.0336. The number of nitrogens with zero attached hydrogens (tertiary/aromatic N) is 2. The van der Waals surface area contributed by atoms with E-state index in [0.29, 0.717) is 0 Å². The van der Waals surface area contributed by atoms with E-state index < -0.39 is 0 Å². The third-order valence-electron chi connectivity index (χ3n) is 2.21. The zero-order chi connectivity index (χ0) is 12.3. The van der Waals surface area contributed by atoms with Gasteiger partial charge in [-0.15, -0.1) is 0 Å². The Labute approximate surface area is 113 Å². The highest BCUT2D eigenvalue weighted by Gasteiger charge is 2.11. The number of rotatable bonds is 3. The second kappa shape index (κ2) is 5.62. The molecule has 3 nitrogen and oxygen atoms in total. The van der Waals surface area contributed by atoms with E-state index in [1.54, 1.807) is 12.4 Å². The summed E-state index contributed by atoms with van der Waals surface area (Å²) in [6, 6.07) is 7.71. The topological polar surface area (TPSA) is 51.8 Å². The zero-order valence-electron chi connectivity index (χ0n) is 9.30. The van der Waals surface area contributed by atoms with Crippen LogP contribution in [-0.4, -0.2) is 9.97 Å². The van der Waals surface area contributed by atoms with Crippen LogP contribution in [0, 0.1) is 0 Å². The number of halogens is 1. The second-order valence-corrected chi connectivity index (χ2v) is 5.41. The average molecular weight is 310 g/mol. The molecule has 0 amide bonds. The summed E-state index contributed by atoms with van der Waals surface area (Å²) in [5, 5.41) is 1.80. The first kappa shape index (κ1) is 12.5. The molecule has 0 aliphatic carbocycles. The van der Waals surface area contributed by atoms with Crippen molar-refractivity contribution >= 4 is 27.7 Å². The van der Waals surface area contributed by atoms with Crippen molar-refractivity contribution in [2.24, 2.45) is 5.73 Å². The summed E-state index contributed by atoms with van der Waals surface area (Å²) in [7, 11) is 0. The lowest BCUT2D eigenvalue weighted by Gasteiger charge is -2.10. The first-order valence-electron chi connectivity index (χ1n) is 5.17. The van der Waals surface area contributed by atoms with Gasteiger partial charge in [0.1, 0.15) is 10.1 Å². The third kappa shape index (κ3) is 3.06. The predicted molar refractivity (Wildman–Crippen MR) is 72.9 cm³/mol. The van der Waals surface area contributed by atoms with Crippen LogP contribution in [0.2, 0.25) is 0 Å². The highest BCUT2D eigenvalue weighted by molar-refractivity contribution is 9.10. The third-order valence-corrected chi connectivity index (χ3v) is 4.16. The molecule has 0 saturated heterocycles. The minimum Gasteiger partial charge on any atom is -0.324 e. The molecule has 2 rings (SSSR count). The molecule has 17 heavy (non-hydrogen) atoms. The van der Waals surface area contributed by atoms with Crippen molar-refractivity contribution in [1.82, 2.24) is 9.97 Å². The van der Waals surface area contributed by atoms with Gasteiger partial charge in [0.15, 0.2) is 0 Å². The van der Waals surface area contributed by atoms with Gasteiger partial charge in [0.25, 0.3) is 0 Å². The van der Waals surface area contributed by atoms with Gasteiger partial charge >= 0.3 is 0 Å². The van der Waals surface area contributed by atoms with Crippen LogP contribution in [0.25, 0.3) is 0 Å². The summed E-state index contributed by atoms with van der Waals surface area (Å²) in [4.78, 5) is 8.67. The van der Waals surface area contributed by atoms with Crippen molar-refractivity contribution in [3.8, 4) is 0 Å². The summed E-state index contributed by atoms with van der Waals surface area (Å²) >= 11 is 4.99. The van der Waals surface area contributed by atoms with Crippen molar-refractivity contribution < 1.29 is 0 Å². The predicted octanol–water partition coefficient (Wildman–Crippen LogP) is 3.41. The van der Waals surface area contributed by atoms with E-state index in [0.717, 1.165) is 20.1 Å². The molecular formula is C12H12BrN3S. The molecule has 0 aliphatic heterocycles. The summed E-state index contributed by atoms with van der Waals surface area (Å²) in [6.45, 7) is 1.95. The Balaban J connectivity index is 2.34. The lowest BCUT2D eigenvalue weighted by molar-refractivity contribution is 0.779. The van der Waals surface area contributed by atoms with Gasteiger partial charge in [-0.25, -0.2) is 9.97 Å². The number of hydrogen-bond donors (Lipinski definition) is 1. The molecular weight excluding hydrogens is 298 g/mol. The van der Waals surface area contributed by atoms with E-state index in [2.05, 4.69) is 25.9 Å². The SMILES string of the molecule is C[C@H](N)c1cccnc1Sc1ncccc1Br. The molecule has 2 aromatic rings. The zero-order valence-corrected chi connectivity index (χ0v) is 11.7. The molecule has 0 bridgehead atoms. The van der Waals surface area contributed by atoms with E-state index in [-0.39, 0.29) is 6.04 Å². The van der Waals surface area contributed by atoms with E-state index in [4.69, 9.17) is 5.73 Å². The fourth-order valence-corrected chi connectivity index (χ4v) is 2.82. The molecule has 0 unspecified atom stereocenters. The van der Waals surface area contributed by atoms with Gasteiger partial charge in [-0.1, -0.05) is 6.07 Å². The van der Waals surface area contributed by atoms with Gasteiger partial charge in [-0.05, 0) is 52.8 Å². The van der Waals surface area contributed by atoms with E-state index in [1.165, 1.54) is 11.8 Å². The molecule has 0 saturated carbocycles. The van der Waals surface area contributed by atoms with Crippen LogP contribution in [-0.2, 0) is 0 Å². The molecule has 0 spiro atoms. The first-order valence-corrected chi connectivity index (χ1v) is 6.78. The van der Waals surface area contributed by atoms with Crippen LogP contribution >= 0.6 is 27.7 Å². The minimum atomic E-state index is -0.0336. The summed E-state index contributed by atoms with van der Waals surface area (Å²) in [5.74, 6) is 0. The van der Waals surface area contributed by atoms with Gasteiger partial charge in [-0.2, -0.15) is 0 Å². The molecule has 0 fully saturated rings. The molecule has 2 N–H and O–H groups in total. The smallest absolute Gasteiger partial charge is 0.116 e. The van der Waals surface area contributed by atoms with E-state index in [9.17, 15) is 0 Å². The first-order chi connectivity index (χ1) is 8.18. The standard InChI is InChI=1S/C12H12BrN3S/c1-8(14)9-4-2-6-15-11(9)17-12-10(13)5-3-7-16-12/h2-8H,14H2,1H3/t8-/m0/s1. The molecule has 2 heterocycles. The van der Waals surface area contributed by atoms with Crippen molar-refractivity contribution in [2.45, 2.75) is 23.0 Å². The van der Waals surface area contributed by atoms with Crippen LogP contribution in [0.5, 0.6) is 0 Å². The summed E-state index contributed by atoms with van der Waals surface area (Å²) < 4.78 is 0.964. The number of pyridine rings is 2. The number of hydrogen-bond acceptors (Lipinski definition) is 4. The molecule has 2 aromatic heterocycles. The maximum atomic E-state index is 5.92. The van der Waals surface area contributed by atoms with Gasteiger partial charge in [0.05, 0.1) is 4.47 Å². The average Bonchev–Trinajstić information content (AvgIpc) is 2.32. The molecule has 0 radical (unpaired) electrons. The Kier molecular flexibility index (Phi) is 4.15. The Hall–Kier alpha value is -0.910. The Morgan fingerprint density at radius 1 is 1.18 bits per heavy atom. The van der Waals surface area contributed by atoms with E-state index in [1.807, 2.05) is 31.2 Å². The van der Waals surface area contributed by atoms with Gasteiger partial charge in [-0.3, -0.25) is 0 Å². The Morgan fingerprint density at radius 3 is 2.47 bits per heavy atom. The van der Waals surface area contributed by atoms with Crippen molar-refractivity contribution in [3.05, 3.63) is 46.7 Å². The highest BCUT2D eigenvalue weighted by atomic mass is 79.9. The maximum absolute atomic E-state index is 5.92. The van der Waals surface area contributed by atoms with Gasteiger partial charge < -0.3 is 5.73 Å². The van der Waals surface area contributed by atoms with Crippen molar-refractivity contribution in [3.63, 3.8) is 0 Å². The Bertz CT molecular complexity index is 517. The summed E-state index contributed by atoms with van der Waals surface area (Å²) in [5.41, 5.74) is 6.96. The normalized spacial score (nSPS) is 12.4. The van der Waals surface area contributed by atoms with Crippen LogP contribution < -0.4 is 5.73 Å². The fourth-order valence-electron chi connectivity index (χ4n) is 1.37. The van der Waals surface area contributed by atoms with Crippen molar-refractivity contribution in [2.75, 3.05) is 0 Å². The monoisotopic (exact) mass is 309 g/mol. The molecule has 5 heteroatoms. The second-order valence-electron chi connectivity index (χ2n) is 3.58. The molecule has 0 aliphatic rings. The van der Waals surface area contributed by atoms with Crippen molar-refractivity contribution in [1.29, 1.82) is 0 Å². The quantitative estimate of drug-likeness (QED) is 0.944. The molecule has 88 valence electrons. The number of aromatic nitrogens is 2. The van der Waals surface area contributed by atoms with Crippen LogP contribution in [0.4, 0.5) is 0 Å². The lowest BCUT2D eigenvalue weighted by atomic mass is 10.2. The fraction of sp³-hybridized carbons (Fsp3) is 0.167. The van der Waals surface area contributed by atoms with Gasteiger partial charge in [0, 0.05) is 24.0 Å². The highest BCUT2D eigenvalue weighted by Crippen LogP contribution is 2.33. The van der Waals surface area contributed by atoms with Crippen LogP contribution in [0.3, 0.4) is 0 Å². The summed E-state index contributed by atoms with van der Waals surface area (Å²) in [6.07, 6.45) is 3.53. The number of nitrogens with two attached hydrogens (primary N) is 1. The molecule has 1 atom stereocenters. The van der Waals surface area contributed by atoms with Crippen LogP contribution in [0.1, 0.15) is 18.5 Å². The van der Waals surface area contributed by atoms with E-state index >= 15 is 0 Å². The maximum Gasteiger partial charge on any atom is 0.116 e. The molecule has 0 aromatic carbocycles. The van der Waals surface area contributed by atoms with Crippen LogP contribution in [0.15, 0.2) is 51.2 Å². The van der Waals surface area contributed by atoms with Gasteiger partial charge in [0.2, 0.25) is 0 Å². The largest absolute Gasteiger partial charge is 0.324 e.